The Balaban J connectivity index is 1.35. The summed E-state index contributed by atoms with van der Waals surface area (Å²) in [5.74, 6) is 1.76. The number of hydrogen-bond donors (Lipinski definition) is 0. The van der Waals surface area contributed by atoms with Gasteiger partial charge in [-0.3, -0.25) is 4.79 Å². The van der Waals surface area contributed by atoms with Gasteiger partial charge in [-0.25, -0.2) is 0 Å². The molecule has 1 saturated heterocycles. The molecule has 1 aliphatic heterocycles. The minimum absolute atomic E-state index is 0.161. The molecule has 0 spiro atoms. The lowest BCUT2D eigenvalue weighted by atomic mass is 10.1. The summed E-state index contributed by atoms with van der Waals surface area (Å²) in [6.07, 6.45) is 0.979. The Morgan fingerprint density at radius 1 is 1.04 bits per heavy atom. The molecule has 2 aromatic carbocycles. The third kappa shape index (κ3) is 3.45. The zero-order valence-electron chi connectivity index (χ0n) is 14.9. The number of anilines is 1. The molecule has 5 heteroatoms. The normalized spacial score (nSPS) is 22.2. The van der Waals surface area contributed by atoms with Crippen LogP contribution in [0.3, 0.4) is 0 Å². The number of benzene rings is 2. The van der Waals surface area contributed by atoms with Crippen molar-refractivity contribution >= 4 is 27.5 Å². The van der Waals surface area contributed by atoms with Crippen LogP contribution < -0.4 is 9.64 Å². The summed E-state index contributed by atoms with van der Waals surface area (Å²) in [5, 5.41) is 0. The number of amides is 1. The van der Waals surface area contributed by atoms with E-state index in [4.69, 9.17) is 4.74 Å². The number of carbonyl (C=O) groups excluding carboxylic acids is 1. The summed E-state index contributed by atoms with van der Waals surface area (Å²) in [6.45, 7) is 3.25. The number of halogens is 1. The van der Waals surface area contributed by atoms with E-state index in [2.05, 4.69) is 51.2 Å². The first-order valence-corrected chi connectivity index (χ1v) is 9.89. The molecule has 26 heavy (non-hydrogen) atoms. The SMILES string of the molecule is COc1ccccc1N1CCN(C(=O)C2CC2c2ccc(Br)cc2)CC1. The van der Waals surface area contributed by atoms with E-state index in [9.17, 15) is 4.79 Å². The lowest BCUT2D eigenvalue weighted by Gasteiger charge is -2.36. The number of rotatable bonds is 4. The fourth-order valence-electron chi connectivity index (χ4n) is 3.84. The average Bonchev–Trinajstić information content (AvgIpc) is 3.49. The lowest BCUT2D eigenvalue weighted by molar-refractivity contribution is -0.132. The third-order valence-electron chi connectivity index (χ3n) is 5.42. The minimum Gasteiger partial charge on any atom is -0.495 e. The van der Waals surface area contributed by atoms with Crippen LogP contribution >= 0.6 is 15.9 Å². The second-order valence-electron chi connectivity index (χ2n) is 6.98. The number of ether oxygens (including phenoxy) is 1. The molecule has 2 atom stereocenters. The summed E-state index contributed by atoms with van der Waals surface area (Å²) in [6, 6.07) is 16.5. The Hall–Kier alpha value is -2.01. The van der Waals surface area contributed by atoms with Gasteiger partial charge in [-0.05, 0) is 42.2 Å². The molecule has 1 heterocycles. The Labute approximate surface area is 162 Å². The topological polar surface area (TPSA) is 32.8 Å². The number of methoxy groups -OCH3 is 1. The van der Waals surface area contributed by atoms with Gasteiger partial charge in [0.05, 0.1) is 12.8 Å². The van der Waals surface area contributed by atoms with Crippen LogP contribution in [0.15, 0.2) is 53.0 Å². The van der Waals surface area contributed by atoms with Crippen LogP contribution in [-0.2, 0) is 4.79 Å². The molecule has 2 unspecified atom stereocenters. The average molecular weight is 415 g/mol. The van der Waals surface area contributed by atoms with Crippen molar-refractivity contribution in [3.63, 3.8) is 0 Å². The highest BCUT2D eigenvalue weighted by Gasteiger charge is 2.46. The van der Waals surface area contributed by atoms with Crippen molar-refractivity contribution < 1.29 is 9.53 Å². The van der Waals surface area contributed by atoms with Crippen LogP contribution in [-0.4, -0.2) is 44.1 Å². The van der Waals surface area contributed by atoms with Gasteiger partial charge in [-0.2, -0.15) is 0 Å². The molecule has 2 fully saturated rings. The van der Waals surface area contributed by atoms with Gasteiger partial charge in [0, 0.05) is 36.6 Å². The molecule has 4 nitrogen and oxygen atoms in total. The first-order chi connectivity index (χ1) is 12.7. The highest BCUT2D eigenvalue weighted by Crippen LogP contribution is 2.48. The number of carbonyl (C=O) groups is 1. The molecule has 1 saturated carbocycles. The number of para-hydroxylation sites is 2. The van der Waals surface area contributed by atoms with Crippen LogP contribution in [0, 0.1) is 5.92 Å². The maximum atomic E-state index is 12.9. The smallest absolute Gasteiger partial charge is 0.226 e. The maximum absolute atomic E-state index is 12.9. The Morgan fingerprint density at radius 3 is 2.42 bits per heavy atom. The van der Waals surface area contributed by atoms with Crippen LogP contribution in [0.25, 0.3) is 0 Å². The van der Waals surface area contributed by atoms with E-state index in [1.54, 1.807) is 7.11 Å². The zero-order valence-corrected chi connectivity index (χ0v) is 16.5. The van der Waals surface area contributed by atoms with Gasteiger partial charge in [0.15, 0.2) is 0 Å². The zero-order chi connectivity index (χ0) is 18.1. The predicted molar refractivity (Wildman–Crippen MR) is 107 cm³/mol. The standard InChI is InChI=1S/C21H23BrN2O2/c1-26-20-5-3-2-4-19(20)23-10-12-24(13-11-23)21(25)18-14-17(18)15-6-8-16(22)9-7-15/h2-9,17-18H,10-14H2,1H3. The van der Waals surface area contributed by atoms with Crippen molar-refractivity contribution in [2.45, 2.75) is 12.3 Å². The molecular formula is C21H23BrN2O2. The Morgan fingerprint density at radius 2 is 1.73 bits per heavy atom. The summed E-state index contributed by atoms with van der Waals surface area (Å²) in [7, 11) is 1.70. The van der Waals surface area contributed by atoms with Crippen molar-refractivity contribution in [2.24, 2.45) is 5.92 Å². The second kappa shape index (κ2) is 7.31. The monoisotopic (exact) mass is 414 g/mol. The van der Waals surface area contributed by atoms with Crippen LogP contribution in [0.1, 0.15) is 17.9 Å². The quantitative estimate of drug-likeness (QED) is 0.759. The van der Waals surface area contributed by atoms with E-state index in [1.807, 2.05) is 23.1 Å². The van der Waals surface area contributed by atoms with Gasteiger partial charge in [-0.15, -0.1) is 0 Å². The molecule has 2 aliphatic rings. The first kappa shape index (κ1) is 17.4. The second-order valence-corrected chi connectivity index (χ2v) is 7.90. The number of piperazine rings is 1. The van der Waals surface area contributed by atoms with E-state index < -0.39 is 0 Å². The van der Waals surface area contributed by atoms with Gasteiger partial charge in [0.25, 0.3) is 0 Å². The number of nitrogens with zero attached hydrogens (tertiary/aromatic N) is 2. The molecule has 0 radical (unpaired) electrons. The highest BCUT2D eigenvalue weighted by molar-refractivity contribution is 9.10. The summed E-state index contributed by atoms with van der Waals surface area (Å²) in [5.41, 5.74) is 2.39. The molecule has 1 aliphatic carbocycles. The van der Waals surface area contributed by atoms with Gasteiger partial charge in [-0.1, -0.05) is 40.2 Å². The predicted octanol–water partition coefficient (Wildman–Crippen LogP) is 3.91. The minimum atomic E-state index is 0.161. The molecule has 0 bridgehead atoms. The molecule has 2 aromatic rings. The van der Waals surface area contributed by atoms with E-state index in [-0.39, 0.29) is 5.92 Å². The van der Waals surface area contributed by atoms with Gasteiger partial charge >= 0.3 is 0 Å². The largest absolute Gasteiger partial charge is 0.495 e. The van der Waals surface area contributed by atoms with Crippen LogP contribution in [0.2, 0.25) is 0 Å². The molecule has 1 amide bonds. The van der Waals surface area contributed by atoms with Crippen molar-refractivity contribution in [3.05, 3.63) is 58.6 Å². The van der Waals surface area contributed by atoms with Crippen molar-refractivity contribution in [3.8, 4) is 5.75 Å². The van der Waals surface area contributed by atoms with E-state index in [1.165, 1.54) is 5.56 Å². The summed E-state index contributed by atoms with van der Waals surface area (Å²) < 4.78 is 6.55. The van der Waals surface area contributed by atoms with E-state index in [0.717, 1.165) is 48.5 Å². The van der Waals surface area contributed by atoms with E-state index in [0.29, 0.717) is 11.8 Å². The molecule has 136 valence electrons. The fraction of sp³-hybridized carbons (Fsp3) is 0.381. The van der Waals surface area contributed by atoms with Crippen molar-refractivity contribution in [2.75, 3.05) is 38.2 Å². The molecule has 0 N–H and O–H groups in total. The van der Waals surface area contributed by atoms with Gasteiger partial charge < -0.3 is 14.5 Å². The fourth-order valence-corrected chi connectivity index (χ4v) is 4.10. The van der Waals surface area contributed by atoms with Crippen LogP contribution in [0.5, 0.6) is 5.75 Å². The Bertz CT molecular complexity index is 785. The molecule has 0 aromatic heterocycles. The third-order valence-corrected chi connectivity index (χ3v) is 5.95. The summed E-state index contributed by atoms with van der Waals surface area (Å²) >= 11 is 3.47. The number of hydrogen-bond acceptors (Lipinski definition) is 3. The molecular weight excluding hydrogens is 392 g/mol. The lowest BCUT2D eigenvalue weighted by Crippen LogP contribution is -2.49. The van der Waals surface area contributed by atoms with E-state index >= 15 is 0 Å². The molecule has 4 rings (SSSR count). The Kier molecular flexibility index (Phi) is 4.90. The van der Waals surface area contributed by atoms with Crippen molar-refractivity contribution in [1.82, 2.24) is 4.90 Å². The van der Waals surface area contributed by atoms with Gasteiger partial charge in [0.1, 0.15) is 5.75 Å². The van der Waals surface area contributed by atoms with Gasteiger partial charge in [0.2, 0.25) is 5.91 Å². The van der Waals surface area contributed by atoms with Crippen molar-refractivity contribution in [1.29, 1.82) is 0 Å². The van der Waals surface area contributed by atoms with Crippen LogP contribution in [0.4, 0.5) is 5.69 Å². The summed E-state index contributed by atoms with van der Waals surface area (Å²) in [4.78, 5) is 17.2. The maximum Gasteiger partial charge on any atom is 0.226 e. The first-order valence-electron chi connectivity index (χ1n) is 9.09. The highest BCUT2D eigenvalue weighted by atomic mass is 79.9.